The van der Waals surface area contributed by atoms with Crippen LogP contribution < -0.4 is 0 Å². The van der Waals surface area contributed by atoms with E-state index in [1.54, 1.807) is 6.92 Å². The summed E-state index contributed by atoms with van der Waals surface area (Å²) in [4.78, 5) is -0.0451. The molecule has 0 N–H and O–H groups in total. The molecule has 100 valence electrons. The summed E-state index contributed by atoms with van der Waals surface area (Å²) >= 11 is 3.15. The van der Waals surface area contributed by atoms with Crippen molar-refractivity contribution in [1.82, 2.24) is 4.31 Å². The Kier molecular flexibility index (Phi) is 4.05. The fourth-order valence-electron chi connectivity index (χ4n) is 1.87. The van der Waals surface area contributed by atoms with Crippen LogP contribution in [0.2, 0.25) is 0 Å². The Morgan fingerprint density at radius 3 is 2.89 bits per heavy atom. The SMILES string of the molecule is C[C@@H]1COCCN1S(=O)(=O)c1cc(F)ccc1Br. The summed E-state index contributed by atoms with van der Waals surface area (Å²) in [6.07, 6.45) is 0. The number of nitrogens with zero attached hydrogens (tertiary/aromatic N) is 1. The van der Waals surface area contributed by atoms with E-state index in [-0.39, 0.29) is 17.5 Å². The Balaban J connectivity index is 2.44. The lowest BCUT2D eigenvalue weighted by Crippen LogP contribution is -2.47. The average molecular weight is 338 g/mol. The Morgan fingerprint density at radius 1 is 1.50 bits per heavy atom. The van der Waals surface area contributed by atoms with Crippen LogP contribution in [0.1, 0.15) is 6.92 Å². The highest BCUT2D eigenvalue weighted by atomic mass is 79.9. The van der Waals surface area contributed by atoms with Gasteiger partial charge < -0.3 is 4.74 Å². The lowest BCUT2D eigenvalue weighted by Gasteiger charge is -2.32. The zero-order chi connectivity index (χ0) is 13.3. The second-order valence-electron chi connectivity index (χ2n) is 4.11. The van der Waals surface area contributed by atoms with Crippen molar-refractivity contribution in [3.05, 3.63) is 28.5 Å². The molecule has 1 aromatic carbocycles. The van der Waals surface area contributed by atoms with E-state index in [0.29, 0.717) is 17.7 Å². The molecule has 1 aliphatic heterocycles. The number of rotatable bonds is 2. The summed E-state index contributed by atoms with van der Waals surface area (Å²) in [6, 6.07) is 3.39. The van der Waals surface area contributed by atoms with Crippen molar-refractivity contribution in [2.45, 2.75) is 17.9 Å². The molecule has 0 radical (unpaired) electrons. The molecule has 1 fully saturated rings. The maximum Gasteiger partial charge on any atom is 0.244 e. The Hall–Kier alpha value is -0.500. The molecule has 18 heavy (non-hydrogen) atoms. The van der Waals surface area contributed by atoms with Crippen molar-refractivity contribution in [3.8, 4) is 0 Å². The highest BCUT2D eigenvalue weighted by molar-refractivity contribution is 9.10. The fourth-order valence-corrected chi connectivity index (χ4v) is 4.41. The van der Waals surface area contributed by atoms with Gasteiger partial charge in [0.05, 0.1) is 18.1 Å². The summed E-state index contributed by atoms with van der Waals surface area (Å²) in [6.45, 7) is 2.76. The molecule has 1 heterocycles. The van der Waals surface area contributed by atoms with Crippen molar-refractivity contribution < 1.29 is 17.5 Å². The Morgan fingerprint density at radius 2 is 2.22 bits per heavy atom. The van der Waals surface area contributed by atoms with Gasteiger partial charge in [-0.05, 0) is 41.1 Å². The summed E-state index contributed by atoms with van der Waals surface area (Å²) in [7, 11) is -3.70. The molecule has 0 bridgehead atoms. The molecule has 1 saturated heterocycles. The number of hydrogen-bond donors (Lipinski definition) is 0. The van der Waals surface area contributed by atoms with Crippen molar-refractivity contribution in [1.29, 1.82) is 0 Å². The topological polar surface area (TPSA) is 46.6 Å². The van der Waals surface area contributed by atoms with Gasteiger partial charge in [0.1, 0.15) is 5.82 Å². The minimum atomic E-state index is -3.70. The molecule has 0 amide bonds. The van der Waals surface area contributed by atoms with E-state index in [2.05, 4.69) is 15.9 Å². The molecule has 0 unspecified atom stereocenters. The van der Waals surface area contributed by atoms with E-state index in [4.69, 9.17) is 4.74 Å². The molecule has 1 aromatic rings. The highest BCUT2D eigenvalue weighted by Crippen LogP contribution is 2.27. The largest absolute Gasteiger partial charge is 0.378 e. The number of sulfonamides is 1. The molecule has 7 heteroatoms. The summed E-state index contributed by atoms with van der Waals surface area (Å²) in [5.41, 5.74) is 0. The third kappa shape index (κ3) is 2.59. The number of ether oxygens (including phenoxy) is 1. The van der Waals surface area contributed by atoms with Gasteiger partial charge in [-0.25, -0.2) is 12.8 Å². The number of benzene rings is 1. The van der Waals surface area contributed by atoms with Crippen LogP contribution in [0.5, 0.6) is 0 Å². The van der Waals surface area contributed by atoms with Crippen LogP contribution >= 0.6 is 15.9 Å². The van der Waals surface area contributed by atoms with E-state index in [9.17, 15) is 12.8 Å². The van der Waals surface area contributed by atoms with Gasteiger partial charge >= 0.3 is 0 Å². The van der Waals surface area contributed by atoms with Gasteiger partial charge in [-0.1, -0.05) is 0 Å². The molecule has 0 aliphatic carbocycles. The molecule has 0 spiro atoms. The summed E-state index contributed by atoms with van der Waals surface area (Å²) < 4.78 is 45.0. The monoisotopic (exact) mass is 337 g/mol. The normalized spacial score (nSPS) is 22.1. The first kappa shape index (κ1) is 13.9. The van der Waals surface area contributed by atoms with Gasteiger partial charge in [-0.2, -0.15) is 4.31 Å². The number of hydrogen-bond acceptors (Lipinski definition) is 3. The highest BCUT2D eigenvalue weighted by Gasteiger charge is 2.32. The zero-order valence-corrected chi connectivity index (χ0v) is 12.2. The van der Waals surface area contributed by atoms with E-state index in [0.717, 1.165) is 6.07 Å². The first-order chi connectivity index (χ1) is 8.43. The minimum absolute atomic E-state index is 0.0451. The zero-order valence-electron chi connectivity index (χ0n) is 9.77. The summed E-state index contributed by atoms with van der Waals surface area (Å²) in [5, 5.41) is 0. The molecule has 1 atom stereocenters. The van der Waals surface area contributed by atoms with Crippen LogP contribution in [0.3, 0.4) is 0 Å². The second kappa shape index (κ2) is 5.24. The van der Waals surface area contributed by atoms with E-state index in [1.807, 2.05) is 0 Å². The molecular formula is C11H13BrFNO3S. The second-order valence-corrected chi connectivity index (χ2v) is 6.83. The van der Waals surface area contributed by atoms with Crippen LogP contribution in [-0.4, -0.2) is 38.5 Å². The minimum Gasteiger partial charge on any atom is -0.378 e. The van der Waals surface area contributed by atoms with Crippen LogP contribution in [0.4, 0.5) is 4.39 Å². The van der Waals surface area contributed by atoms with Gasteiger partial charge in [0.2, 0.25) is 10.0 Å². The standard InChI is InChI=1S/C11H13BrFNO3S/c1-8-7-17-5-4-14(8)18(15,16)11-6-9(13)2-3-10(11)12/h2-3,6,8H,4-5,7H2,1H3/t8-/m1/s1. The predicted octanol–water partition coefficient (Wildman–Crippen LogP) is 2.00. The first-order valence-electron chi connectivity index (χ1n) is 5.47. The lowest BCUT2D eigenvalue weighted by atomic mass is 10.3. The van der Waals surface area contributed by atoms with Gasteiger partial charge in [0.25, 0.3) is 0 Å². The number of morpholine rings is 1. The molecule has 1 aliphatic rings. The van der Waals surface area contributed by atoms with Crippen molar-refractivity contribution in [3.63, 3.8) is 0 Å². The molecular weight excluding hydrogens is 325 g/mol. The molecule has 0 saturated carbocycles. The van der Waals surface area contributed by atoms with Crippen molar-refractivity contribution in [2.24, 2.45) is 0 Å². The summed E-state index contributed by atoms with van der Waals surface area (Å²) in [5.74, 6) is -0.572. The van der Waals surface area contributed by atoms with Crippen LogP contribution in [0.25, 0.3) is 0 Å². The quantitative estimate of drug-likeness (QED) is 0.829. The Labute approximate surface area is 114 Å². The maximum atomic E-state index is 13.2. The predicted molar refractivity (Wildman–Crippen MR) is 68.3 cm³/mol. The third-order valence-electron chi connectivity index (χ3n) is 2.79. The average Bonchev–Trinajstić information content (AvgIpc) is 2.32. The molecule has 2 rings (SSSR count). The maximum absolute atomic E-state index is 13.2. The lowest BCUT2D eigenvalue weighted by molar-refractivity contribution is 0.0392. The van der Waals surface area contributed by atoms with Gasteiger partial charge in [0.15, 0.2) is 0 Å². The smallest absolute Gasteiger partial charge is 0.244 e. The third-order valence-corrected chi connectivity index (χ3v) is 5.79. The van der Waals surface area contributed by atoms with Crippen LogP contribution in [0, 0.1) is 5.82 Å². The van der Waals surface area contributed by atoms with E-state index < -0.39 is 15.8 Å². The van der Waals surface area contributed by atoms with Gasteiger partial charge in [-0.3, -0.25) is 0 Å². The molecule has 0 aromatic heterocycles. The van der Waals surface area contributed by atoms with E-state index in [1.165, 1.54) is 16.4 Å². The van der Waals surface area contributed by atoms with Crippen LogP contribution in [0.15, 0.2) is 27.6 Å². The van der Waals surface area contributed by atoms with Crippen LogP contribution in [-0.2, 0) is 14.8 Å². The van der Waals surface area contributed by atoms with Crippen molar-refractivity contribution >= 4 is 26.0 Å². The van der Waals surface area contributed by atoms with Gasteiger partial charge in [-0.15, -0.1) is 0 Å². The van der Waals surface area contributed by atoms with E-state index >= 15 is 0 Å². The first-order valence-corrected chi connectivity index (χ1v) is 7.71. The molecule has 4 nitrogen and oxygen atoms in total. The Bertz CT molecular complexity index is 549. The number of halogens is 2. The van der Waals surface area contributed by atoms with Gasteiger partial charge in [0, 0.05) is 17.1 Å². The fraction of sp³-hybridized carbons (Fsp3) is 0.455. The van der Waals surface area contributed by atoms with Crippen molar-refractivity contribution in [2.75, 3.05) is 19.8 Å².